The first-order valence-electron chi connectivity index (χ1n) is 19.1. The number of amides is 4. The highest BCUT2D eigenvalue weighted by Gasteiger charge is 2.44. The van der Waals surface area contributed by atoms with Crippen molar-refractivity contribution < 1.29 is 19.2 Å². The number of allylic oxidation sites excluding steroid dienone is 1. The van der Waals surface area contributed by atoms with Gasteiger partial charge in [-0.15, -0.1) is 0 Å². The van der Waals surface area contributed by atoms with Gasteiger partial charge in [-0.25, -0.2) is 4.98 Å². The Morgan fingerprint density at radius 2 is 1.62 bits per heavy atom. The smallest absolute Gasteiger partial charge is 0.272 e. The number of anilines is 2. The normalized spacial score (nSPS) is 14.6. The summed E-state index contributed by atoms with van der Waals surface area (Å²) in [5, 5.41) is 9.02. The number of hydrogen-bond acceptors (Lipinski definition) is 8. The largest absolute Gasteiger partial charge is 0.402 e. The van der Waals surface area contributed by atoms with E-state index in [2.05, 4.69) is 25.9 Å². The van der Waals surface area contributed by atoms with E-state index in [4.69, 9.17) is 5.73 Å². The predicted molar refractivity (Wildman–Crippen MR) is 219 cm³/mol. The molecule has 0 saturated carbocycles. The topological polar surface area (TPSA) is 162 Å². The molecule has 5 N–H and O–H groups in total. The molecule has 0 unspecified atom stereocenters. The Kier molecular flexibility index (Phi) is 14.9. The van der Waals surface area contributed by atoms with Crippen LogP contribution in [0.1, 0.15) is 76.1 Å². The molecule has 1 fully saturated rings. The second kappa shape index (κ2) is 19.3. The number of piperidine rings is 1. The van der Waals surface area contributed by atoms with Crippen molar-refractivity contribution in [3.05, 3.63) is 101 Å². The summed E-state index contributed by atoms with van der Waals surface area (Å²) >= 11 is 0. The second-order valence-electron chi connectivity index (χ2n) is 15.2. The lowest BCUT2D eigenvalue weighted by molar-refractivity contribution is -0.149. The molecule has 2 heterocycles. The highest BCUT2D eigenvalue weighted by molar-refractivity contribution is 6.43. The van der Waals surface area contributed by atoms with Gasteiger partial charge in [0.25, 0.3) is 5.91 Å². The van der Waals surface area contributed by atoms with Crippen LogP contribution in [-0.4, -0.2) is 77.9 Å². The standard InChI is InChI=1S/C43H58N8O4/c1-8-30-17-18-34(24-33(30)25-38(52)49-37-16-12-13-21-47-37)48-39(53)29-51(28-32-15-11-10-14-31(32)27-45-6)41(55)43(9-2)19-22-50(23-20-43)40(54)35(46-7)26-36(44)42(3,4)5/h10-18,21,24,26,45H,8-9,19-20,22-23,25,27-29,44H2,1-7H3,(H,48,53)(H,47,49,52). The maximum Gasteiger partial charge on any atom is 0.272 e. The van der Waals surface area contributed by atoms with E-state index < -0.39 is 5.41 Å². The molecule has 0 atom stereocenters. The molecule has 3 aromatic rings. The van der Waals surface area contributed by atoms with Crippen LogP contribution < -0.4 is 21.7 Å². The minimum absolute atomic E-state index is 0.112. The molecule has 55 heavy (non-hydrogen) atoms. The van der Waals surface area contributed by atoms with Crippen molar-refractivity contribution in [1.29, 1.82) is 0 Å². The summed E-state index contributed by atoms with van der Waals surface area (Å²) in [6.07, 6.45) is 5.53. The van der Waals surface area contributed by atoms with E-state index in [9.17, 15) is 19.2 Å². The third-order valence-electron chi connectivity index (χ3n) is 10.4. The number of nitrogens with one attached hydrogen (secondary N) is 3. The number of aromatic nitrogens is 1. The Balaban J connectivity index is 1.55. The van der Waals surface area contributed by atoms with Crippen LogP contribution in [0, 0.1) is 10.8 Å². The third kappa shape index (κ3) is 11.3. The fourth-order valence-corrected chi connectivity index (χ4v) is 6.80. The van der Waals surface area contributed by atoms with Crippen LogP contribution in [0.2, 0.25) is 0 Å². The van der Waals surface area contributed by atoms with Crippen molar-refractivity contribution in [3.63, 3.8) is 0 Å². The van der Waals surface area contributed by atoms with Crippen molar-refractivity contribution in [3.8, 4) is 0 Å². The maximum atomic E-state index is 14.8. The molecule has 1 aromatic heterocycles. The van der Waals surface area contributed by atoms with Crippen molar-refractivity contribution >= 4 is 40.8 Å². The number of likely N-dealkylation sites (tertiary alicyclic amines) is 1. The van der Waals surface area contributed by atoms with E-state index in [1.165, 1.54) is 0 Å². The molecule has 12 nitrogen and oxygen atoms in total. The molecule has 0 aliphatic carbocycles. The molecule has 0 bridgehead atoms. The van der Waals surface area contributed by atoms with Gasteiger partial charge in [-0.1, -0.05) is 71.0 Å². The summed E-state index contributed by atoms with van der Waals surface area (Å²) in [5.74, 6) is -0.428. The van der Waals surface area contributed by atoms with Crippen LogP contribution >= 0.6 is 0 Å². The first-order chi connectivity index (χ1) is 26.2. The zero-order valence-electron chi connectivity index (χ0n) is 33.5. The molecule has 12 heteroatoms. The number of carbonyl (C=O) groups is 4. The summed E-state index contributed by atoms with van der Waals surface area (Å²) < 4.78 is 0. The zero-order valence-corrected chi connectivity index (χ0v) is 33.5. The van der Waals surface area contributed by atoms with Gasteiger partial charge in [0.15, 0.2) is 0 Å². The predicted octanol–water partition coefficient (Wildman–Crippen LogP) is 5.49. The monoisotopic (exact) mass is 750 g/mol. The number of nitrogens with two attached hydrogens (primary N) is 1. The van der Waals surface area contributed by atoms with Crippen molar-refractivity contribution in [2.75, 3.05) is 44.4 Å². The lowest BCUT2D eigenvalue weighted by Crippen LogP contribution is -2.53. The minimum Gasteiger partial charge on any atom is -0.402 e. The molecule has 0 radical (unpaired) electrons. The van der Waals surface area contributed by atoms with Crippen LogP contribution in [0.25, 0.3) is 0 Å². The van der Waals surface area contributed by atoms with Gasteiger partial charge in [-0.3, -0.25) is 24.2 Å². The van der Waals surface area contributed by atoms with Gasteiger partial charge in [0.2, 0.25) is 17.7 Å². The van der Waals surface area contributed by atoms with E-state index >= 15 is 0 Å². The number of rotatable bonds is 15. The van der Waals surface area contributed by atoms with E-state index in [0.717, 1.165) is 22.3 Å². The Bertz CT molecular complexity index is 1870. The Morgan fingerprint density at radius 3 is 2.22 bits per heavy atom. The Labute approximate surface area is 326 Å². The average Bonchev–Trinajstić information content (AvgIpc) is 3.17. The molecule has 1 aliphatic heterocycles. The summed E-state index contributed by atoms with van der Waals surface area (Å²) in [4.78, 5) is 66.9. The summed E-state index contributed by atoms with van der Waals surface area (Å²) in [7, 11) is 3.45. The molecule has 1 aliphatic rings. The fraction of sp³-hybridized carbons (Fsp3) is 0.442. The van der Waals surface area contributed by atoms with Crippen LogP contribution in [0.5, 0.6) is 0 Å². The van der Waals surface area contributed by atoms with Crippen LogP contribution in [-0.2, 0) is 45.1 Å². The van der Waals surface area contributed by atoms with Gasteiger partial charge in [0.05, 0.1) is 11.8 Å². The van der Waals surface area contributed by atoms with E-state index in [-0.39, 0.29) is 54.3 Å². The maximum absolute atomic E-state index is 14.8. The number of aryl methyl sites for hydroxylation is 1. The molecular weight excluding hydrogens is 693 g/mol. The van der Waals surface area contributed by atoms with Gasteiger partial charge < -0.3 is 31.5 Å². The Morgan fingerprint density at radius 1 is 0.927 bits per heavy atom. The molecule has 2 aromatic carbocycles. The first-order valence-corrected chi connectivity index (χ1v) is 19.1. The second-order valence-corrected chi connectivity index (χ2v) is 15.2. The van der Waals surface area contributed by atoms with Gasteiger partial charge in [-0.05, 0) is 85.3 Å². The van der Waals surface area contributed by atoms with Gasteiger partial charge in [0.1, 0.15) is 18.1 Å². The molecule has 4 amide bonds. The molecule has 294 valence electrons. The number of aliphatic imine (C=N–C) groups is 1. The third-order valence-corrected chi connectivity index (χ3v) is 10.4. The molecular formula is C43H58N8O4. The molecule has 0 spiro atoms. The lowest BCUT2D eigenvalue weighted by atomic mass is 9.74. The lowest BCUT2D eigenvalue weighted by Gasteiger charge is -2.43. The first kappa shape index (κ1) is 42.4. The van der Waals surface area contributed by atoms with Crippen molar-refractivity contribution in [2.24, 2.45) is 21.6 Å². The number of hydrogen-bond donors (Lipinski definition) is 4. The van der Waals surface area contributed by atoms with Crippen LogP contribution in [0.15, 0.2) is 83.6 Å². The van der Waals surface area contributed by atoms with Crippen LogP contribution in [0.3, 0.4) is 0 Å². The molecule has 1 saturated heterocycles. The van der Waals surface area contributed by atoms with Gasteiger partial charge in [-0.2, -0.15) is 0 Å². The highest BCUT2D eigenvalue weighted by atomic mass is 16.2. The summed E-state index contributed by atoms with van der Waals surface area (Å²) in [5.41, 5.74) is 10.3. The highest BCUT2D eigenvalue weighted by Crippen LogP contribution is 2.38. The number of benzene rings is 2. The fourth-order valence-electron chi connectivity index (χ4n) is 6.80. The van der Waals surface area contributed by atoms with Crippen molar-refractivity contribution in [2.45, 2.75) is 79.8 Å². The Hall–Kier alpha value is -5.36. The van der Waals surface area contributed by atoms with E-state index in [1.54, 1.807) is 47.3 Å². The van der Waals surface area contributed by atoms with E-state index in [0.29, 0.717) is 62.5 Å². The number of nitrogens with zero attached hydrogens (tertiary/aromatic N) is 4. The van der Waals surface area contributed by atoms with Crippen LogP contribution in [0.4, 0.5) is 11.5 Å². The van der Waals surface area contributed by atoms with Gasteiger partial charge >= 0.3 is 0 Å². The van der Waals surface area contributed by atoms with E-state index in [1.807, 2.05) is 84.1 Å². The molecule has 4 rings (SSSR count). The summed E-state index contributed by atoms with van der Waals surface area (Å²) in [6.45, 7) is 11.4. The quantitative estimate of drug-likeness (QED) is 0.149. The minimum atomic E-state index is -0.768. The zero-order chi connectivity index (χ0) is 40.2. The number of pyridine rings is 1. The summed E-state index contributed by atoms with van der Waals surface area (Å²) in [6, 6.07) is 18.8. The number of carbonyl (C=O) groups excluding carboxylic acids is 4. The van der Waals surface area contributed by atoms with Crippen molar-refractivity contribution in [1.82, 2.24) is 20.1 Å². The average molecular weight is 751 g/mol. The van der Waals surface area contributed by atoms with Gasteiger partial charge in [0, 0.05) is 56.2 Å². The SMILES string of the molecule is CCc1ccc(NC(=O)CN(Cc2ccccc2CNC)C(=O)C2(CC)CCN(C(=O)C(C=C(N)C(C)(C)C)=NC)CC2)cc1CC(=O)Nc1ccccn1.